The first-order valence-corrected chi connectivity index (χ1v) is 9.92. The highest BCUT2D eigenvalue weighted by Crippen LogP contribution is 2.44. The Balaban J connectivity index is 2.04. The second-order valence-corrected chi connectivity index (χ2v) is 7.88. The summed E-state index contributed by atoms with van der Waals surface area (Å²) in [7, 11) is 0. The van der Waals surface area contributed by atoms with Crippen LogP contribution in [0, 0.1) is 0 Å². The number of benzene rings is 1. The van der Waals surface area contributed by atoms with Gasteiger partial charge in [-0.05, 0) is 43.6 Å². The van der Waals surface area contributed by atoms with Crippen LogP contribution in [0.5, 0.6) is 0 Å². The lowest BCUT2D eigenvalue weighted by atomic mass is 9.93. The predicted octanol–water partition coefficient (Wildman–Crippen LogP) is 4.49. The van der Waals surface area contributed by atoms with Crippen molar-refractivity contribution in [3.63, 3.8) is 0 Å². The van der Waals surface area contributed by atoms with E-state index in [1.165, 1.54) is 12.3 Å². The Kier molecular flexibility index (Phi) is 5.54. The zero-order valence-corrected chi connectivity index (χ0v) is 16.6. The van der Waals surface area contributed by atoms with Crippen LogP contribution < -0.4 is 0 Å². The monoisotopic (exact) mass is 459 g/mol. The molecule has 32 heavy (non-hydrogen) atoms. The van der Waals surface area contributed by atoms with Gasteiger partial charge in [0.25, 0.3) is 5.79 Å². The van der Waals surface area contributed by atoms with Gasteiger partial charge in [0.15, 0.2) is 0 Å². The number of piperidine rings is 1. The van der Waals surface area contributed by atoms with E-state index in [1.54, 1.807) is 0 Å². The highest BCUT2D eigenvalue weighted by atomic mass is 19.4. The van der Waals surface area contributed by atoms with Crippen molar-refractivity contribution in [3.05, 3.63) is 47.3 Å². The maximum absolute atomic E-state index is 14.2. The second-order valence-electron chi connectivity index (χ2n) is 7.88. The number of pyridine rings is 2. The van der Waals surface area contributed by atoms with Crippen LogP contribution in [0.3, 0.4) is 0 Å². The molecule has 3 aromatic rings. The standard InChI is InChI=1S/C21H19F6N3O2/c22-20(23,24)16-12(11-30-7-2-1-3-8-30)10-29-18-14(16)9-15(19(31,32)21(25,26)27)13-5-4-6-28-17(13)18/h4-6,9-10,31-32H,1-3,7-8,11H2. The number of hydrogen-bond acceptors (Lipinski definition) is 5. The summed E-state index contributed by atoms with van der Waals surface area (Å²) in [6, 6.07) is 2.89. The Morgan fingerprint density at radius 2 is 1.56 bits per heavy atom. The molecule has 1 aliphatic rings. The van der Waals surface area contributed by atoms with Crippen molar-refractivity contribution in [1.82, 2.24) is 14.9 Å². The summed E-state index contributed by atoms with van der Waals surface area (Å²) in [6.07, 6.45) is -5.56. The Hall–Kier alpha value is -2.50. The molecular weight excluding hydrogens is 440 g/mol. The molecule has 0 aliphatic carbocycles. The number of halogens is 6. The van der Waals surface area contributed by atoms with Crippen molar-refractivity contribution in [2.45, 2.75) is 43.9 Å². The lowest BCUT2D eigenvalue weighted by Crippen LogP contribution is -2.42. The molecule has 1 aliphatic heterocycles. The van der Waals surface area contributed by atoms with Crippen molar-refractivity contribution in [1.29, 1.82) is 0 Å². The number of hydrogen-bond donors (Lipinski definition) is 2. The number of aromatic nitrogens is 2. The largest absolute Gasteiger partial charge is 0.447 e. The molecule has 0 radical (unpaired) electrons. The summed E-state index contributed by atoms with van der Waals surface area (Å²) in [5.41, 5.74) is -3.03. The first-order valence-electron chi connectivity index (χ1n) is 9.92. The summed E-state index contributed by atoms with van der Waals surface area (Å²) < 4.78 is 82.8. The Morgan fingerprint density at radius 3 is 2.19 bits per heavy atom. The summed E-state index contributed by atoms with van der Waals surface area (Å²) >= 11 is 0. The number of likely N-dealkylation sites (tertiary alicyclic amines) is 1. The van der Waals surface area contributed by atoms with E-state index in [-0.39, 0.29) is 28.5 Å². The van der Waals surface area contributed by atoms with Crippen LogP contribution in [0.1, 0.15) is 36.0 Å². The summed E-state index contributed by atoms with van der Waals surface area (Å²) in [6.45, 7) is 1.13. The number of aliphatic hydroxyl groups is 2. The molecule has 3 heterocycles. The van der Waals surface area contributed by atoms with Crippen LogP contribution in [0.25, 0.3) is 21.8 Å². The van der Waals surface area contributed by atoms with Gasteiger partial charge in [-0.2, -0.15) is 26.3 Å². The molecule has 172 valence electrons. The van der Waals surface area contributed by atoms with Crippen molar-refractivity contribution in [2.75, 3.05) is 13.1 Å². The van der Waals surface area contributed by atoms with Crippen molar-refractivity contribution in [3.8, 4) is 0 Å². The molecule has 0 atom stereocenters. The molecule has 4 rings (SSSR count). The zero-order valence-electron chi connectivity index (χ0n) is 16.6. The lowest BCUT2D eigenvalue weighted by Gasteiger charge is -2.29. The smallest absolute Gasteiger partial charge is 0.355 e. The number of nitrogens with zero attached hydrogens (tertiary/aromatic N) is 3. The number of rotatable bonds is 3. The van der Waals surface area contributed by atoms with Gasteiger partial charge in [-0.25, -0.2) is 0 Å². The minimum atomic E-state index is -5.55. The van der Waals surface area contributed by atoms with E-state index >= 15 is 0 Å². The minimum absolute atomic E-state index is 0.0734. The number of fused-ring (bicyclic) bond motifs is 3. The summed E-state index contributed by atoms with van der Waals surface area (Å²) in [5.74, 6) is -4.38. The molecule has 2 N–H and O–H groups in total. The molecule has 0 bridgehead atoms. The van der Waals surface area contributed by atoms with Gasteiger partial charge in [-0.3, -0.25) is 14.9 Å². The van der Waals surface area contributed by atoms with Crippen LogP contribution in [-0.4, -0.2) is 44.3 Å². The van der Waals surface area contributed by atoms with Gasteiger partial charge in [0.05, 0.1) is 16.6 Å². The number of alkyl halides is 6. The van der Waals surface area contributed by atoms with E-state index in [2.05, 4.69) is 9.97 Å². The maximum Gasteiger partial charge on any atom is 0.447 e. The SMILES string of the molecule is OC(O)(c1cc2c(C(F)(F)F)c(CN3CCCCC3)cnc2c2ncccc12)C(F)(F)F. The molecule has 1 fully saturated rings. The molecule has 11 heteroatoms. The molecule has 0 unspecified atom stereocenters. The molecule has 5 nitrogen and oxygen atoms in total. The molecule has 0 spiro atoms. The fraction of sp³-hybridized carbons (Fsp3) is 0.429. The van der Waals surface area contributed by atoms with Crippen LogP contribution in [0.4, 0.5) is 26.3 Å². The van der Waals surface area contributed by atoms with Gasteiger partial charge >= 0.3 is 12.4 Å². The van der Waals surface area contributed by atoms with E-state index in [0.29, 0.717) is 19.2 Å². The quantitative estimate of drug-likeness (QED) is 0.343. The van der Waals surface area contributed by atoms with Gasteiger partial charge in [0.2, 0.25) is 0 Å². The first-order chi connectivity index (χ1) is 14.9. The first kappa shape index (κ1) is 22.7. The Bertz CT molecular complexity index is 1150. The fourth-order valence-corrected chi connectivity index (χ4v) is 4.18. The third-order valence-corrected chi connectivity index (χ3v) is 5.70. The average molecular weight is 459 g/mol. The van der Waals surface area contributed by atoms with E-state index in [4.69, 9.17) is 0 Å². The summed E-state index contributed by atoms with van der Waals surface area (Å²) in [4.78, 5) is 9.84. The zero-order chi connectivity index (χ0) is 23.3. The van der Waals surface area contributed by atoms with E-state index in [0.717, 1.165) is 31.5 Å². The molecule has 1 saturated heterocycles. The molecular formula is C21H19F6N3O2. The molecule has 1 aromatic carbocycles. The van der Waals surface area contributed by atoms with Gasteiger partial charge in [-0.15, -0.1) is 0 Å². The van der Waals surface area contributed by atoms with Crippen LogP contribution in [-0.2, 0) is 18.5 Å². The van der Waals surface area contributed by atoms with E-state index < -0.39 is 34.7 Å². The normalized spacial score (nSPS) is 16.8. The third-order valence-electron chi connectivity index (χ3n) is 5.70. The molecule has 2 aromatic heterocycles. The average Bonchev–Trinajstić information content (AvgIpc) is 2.71. The summed E-state index contributed by atoms with van der Waals surface area (Å²) in [5, 5.41) is 18.8. The maximum atomic E-state index is 14.2. The Morgan fingerprint density at radius 1 is 0.906 bits per heavy atom. The van der Waals surface area contributed by atoms with Gasteiger partial charge in [0.1, 0.15) is 0 Å². The van der Waals surface area contributed by atoms with Gasteiger partial charge < -0.3 is 10.2 Å². The topological polar surface area (TPSA) is 69.5 Å². The van der Waals surface area contributed by atoms with Crippen molar-refractivity contribution < 1.29 is 36.6 Å². The molecule has 0 amide bonds. The van der Waals surface area contributed by atoms with E-state index in [1.807, 2.05) is 4.90 Å². The predicted molar refractivity (Wildman–Crippen MR) is 103 cm³/mol. The van der Waals surface area contributed by atoms with Crippen LogP contribution >= 0.6 is 0 Å². The van der Waals surface area contributed by atoms with Crippen molar-refractivity contribution >= 4 is 21.8 Å². The van der Waals surface area contributed by atoms with Gasteiger partial charge in [-0.1, -0.05) is 12.5 Å². The highest BCUT2D eigenvalue weighted by molar-refractivity contribution is 6.06. The van der Waals surface area contributed by atoms with Crippen LogP contribution in [0.2, 0.25) is 0 Å². The fourth-order valence-electron chi connectivity index (χ4n) is 4.18. The second kappa shape index (κ2) is 7.82. The van der Waals surface area contributed by atoms with Crippen molar-refractivity contribution in [2.24, 2.45) is 0 Å². The lowest BCUT2D eigenvalue weighted by molar-refractivity contribution is -0.357. The highest BCUT2D eigenvalue weighted by Gasteiger charge is 2.55. The minimum Gasteiger partial charge on any atom is -0.355 e. The molecule has 0 saturated carbocycles. The van der Waals surface area contributed by atoms with Crippen LogP contribution in [0.15, 0.2) is 30.6 Å². The Labute approximate surface area is 178 Å². The van der Waals surface area contributed by atoms with Gasteiger partial charge in [0, 0.05) is 35.3 Å². The third kappa shape index (κ3) is 3.89. The van der Waals surface area contributed by atoms with E-state index in [9.17, 15) is 36.6 Å².